The van der Waals surface area contributed by atoms with E-state index in [0.717, 1.165) is 32.6 Å². The van der Waals surface area contributed by atoms with E-state index < -0.39 is 0 Å². The van der Waals surface area contributed by atoms with Gasteiger partial charge in [-0.25, -0.2) is 0 Å². The van der Waals surface area contributed by atoms with Gasteiger partial charge < -0.3 is 15.5 Å². The van der Waals surface area contributed by atoms with Crippen molar-refractivity contribution in [2.75, 3.05) is 38.1 Å². The van der Waals surface area contributed by atoms with Gasteiger partial charge in [-0.2, -0.15) is 0 Å². The second-order valence-corrected chi connectivity index (χ2v) is 6.32. The molecule has 2 rings (SSSR count). The molecular weight excluding hydrogens is 302 g/mol. The van der Waals surface area contributed by atoms with E-state index >= 15 is 0 Å². The van der Waals surface area contributed by atoms with Crippen molar-refractivity contribution >= 4 is 21.6 Å². The summed E-state index contributed by atoms with van der Waals surface area (Å²) in [6, 6.07) is 7.17. The molecule has 1 aromatic carbocycles. The molecule has 4 heteroatoms. The normalized spacial score (nSPS) is 21.5. The Kier molecular flexibility index (Phi) is 5.25. The number of likely N-dealkylation sites (N-methyl/N-ethyl adjacent to an activating group) is 1. The molecule has 1 unspecified atom stereocenters. The molecule has 0 saturated carbocycles. The first-order chi connectivity index (χ1) is 9.11. The van der Waals surface area contributed by atoms with Crippen LogP contribution in [0.1, 0.15) is 18.4 Å². The summed E-state index contributed by atoms with van der Waals surface area (Å²) in [5.74, 6) is 0. The maximum atomic E-state index is 5.75. The second kappa shape index (κ2) is 6.73. The molecule has 1 saturated heterocycles. The smallest absolute Gasteiger partial charge is 0.0511 e. The van der Waals surface area contributed by atoms with E-state index in [0.29, 0.717) is 6.04 Å². The lowest BCUT2D eigenvalue weighted by atomic mass is 10.1. The van der Waals surface area contributed by atoms with Crippen LogP contribution in [0, 0.1) is 6.92 Å². The predicted octanol–water partition coefficient (Wildman–Crippen LogP) is 2.62. The molecule has 1 aliphatic heterocycles. The molecule has 0 amide bonds. The predicted molar refractivity (Wildman–Crippen MR) is 85.8 cm³/mol. The fourth-order valence-electron chi connectivity index (χ4n) is 2.77. The van der Waals surface area contributed by atoms with E-state index in [2.05, 4.69) is 57.9 Å². The van der Waals surface area contributed by atoms with E-state index in [1.165, 1.54) is 22.1 Å². The van der Waals surface area contributed by atoms with Gasteiger partial charge in [-0.3, -0.25) is 0 Å². The molecule has 1 aliphatic rings. The number of aryl methyl sites for hydroxylation is 1. The molecule has 0 aromatic heterocycles. The van der Waals surface area contributed by atoms with Crippen LogP contribution in [0.15, 0.2) is 22.7 Å². The Hall–Kier alpha value is -0.580. The van der Waals surface area contributed by atoms with Crippen molar-refractivity contribution < 1.29 is 0 Å². The molecule has 0 bridgehead atoms. The van der Waals surface area contributed by atoms with Crippen LogP contribution in [0.4, 0.5) is 5.69 Å². The third-order valence-electron chi connectivity index (χ3n) is 3.94. The molecule has 106 valence electrons. The first-order valence-corrected chi connectivity index (χ1v) is 7.82. The van der Waals surface area contributed by atoms with Gasteiger partial charge in [0.15, 0.2) is 0 Å². The van der Waals surface area contributed by atoms with Gasteiger partial charge >= 0.3 is 0 Å². The second-order valence-electron chi connectivity index (χ2n) is 5.47. The molecule has 2 N–H and O–H groups in total. The number of hydrogen-bond donors (Lipinski definition) is 1. The summed E-state index contributed by atoms with van der Waals surface area (Å²) < 4.78 is 1.20. The summed E-state index contributed by atoms with van der Waals surface area (Å²) in [7, 11) is 2.22. The molecule has 3 nitrogen and oxygen atoms in total. The largest absolute Gasteiger partial charge is 0.369 e. The summed E-state index contributed by atoms with van der Waals surface area (Å²) in [6.07, 6.45) is 2.27. The summed E-state index contributed by atoms with van der Waals surface area (Å²) in [4.78, 5) is 4.95. The van der Waals surface area contributed by atoms with Gasteiger partial charge in [-0.05, 0) is 73.5 Å². The van der Waals surface area contributed by atoms with Crippen LogP contribution in [0.3, 0.4) is 0 Å². The molecule has 0 radical (unpaired) electrons. The fourth-order valence-corrected chi connectivity index (χ4v) is 3.51. The Balaban J connectivity index is 2.18. The maximum absolute atomic E-state index is 5.75. The molecular formula is C15H24BrN3. The highest BCUT2D eigenvalue weighted by molar-refractivity contribution is 9.10. The van der Waals surface area contributed by atoms with Crippen molar-refractivity contribution in [3.8, 4) is 0 Å². The summed E-state index contributed by atoms with van der Waals surface area (Å²) >= 11 is 3.70. The Morgan fingerprint density at radius 1 is 1.37 bits per heavy atom. The molecule has 1 heterocycles. The van der Waals surface area contributed by atoms with Crippen LogP contribution >= 0.6 is 15.9 Å². The SMILES string of the molecule is Cc1ccc(N2CCCN(C)C(CCN)C2)c(Br)c1. The lowest BCUT2D eigenvalue weighted by Gasteiger charge is -2.30. The minimum atomic E-state index is 0.556. The number of nitrogens with two attached hydrogens (primary N) is 1. The topological polar surface area (TPSA) is 32.5 Å². The number of rotatable bonds is 3. The lowest BCUT2D eigenvalue weighted by molar-refractivity contribution is 0.251. The van der Waals surface area contributed by atoms with Crippen LogP contribution in [0.2, 0.25) is 0 Å². The zero-order valence-corrected chi connectivity index (χ0v) is 13.5. The Morgan fingerprint density at radius 3 is 2.84 bits per heavy atom. The van der Waals surface area contributed by atoms with Crippen LogP contribution in [-0.2, 0) is 0 Å². The molecule has 0 aliphatic carbocycles. The monoisotopic (exact) mass is 325 g/mol. The van der Waals surface area contributed by atoms with E-state index in [1.807, 2.05) is 0 Å². The van der Waals surface area contributed by atoms with Crippen molar-refractivity contribution in [1.29, 1.82) is 0 Å². The molecule has 1 fully saturated rings. The van der Waals surface area contributed by atoms with Crippen LogP contribution in [0.25, 0.3) is 0 Å². The van der Waals surface area contributed by atoms with E-state index in [-0.39, 0.29) is 0 Å². The van der Waals surface area contributed by atoms with Crippen molar-refractivity contribution in [3.05, 3.63) is 28.2 Å². The average molecular weight is 326 g/mol. The summed E-state index contributed by atoms with van der Waals surface area (Å²) in [6.45, 7) is 6.23. The zero-order chi connectivity index (χ0) is 13.8. The molecule has 19 heavy (non-hydrogen) atoms. The minimum absolute atomic E-state index is 0.556. The van der Waals surface area contributed by atoms with Gasteiger partial charge in [0, 0.05) is 23.6 Å². The third-order valence-corrected chi connectivity index (χ3v) is 4.57. The third kappa shape index (κ3) is 3.71. The van der Waals surface area contributed by atoms with Gasteiger partial charge in [-0.1, -0.05) is 6.07 Å². The lowest BCUT2D eigenvalue weighted by Crippen LogP contribution is -2.40. The van der Waals surface area contributed by atoms with Crippen molar-refractivity contribution in [2.45, 2.75) is 25.8 Å². The standard InChI is InChI=1S/C15H24BrN3/c1-12-4-5-15(14(16)10-12)19-9-3-8-18(2)13(11-19)6-7-17/h4-5,10,13H,3,6-9,11,17H2,1-2H3. The van der Waals surface area contributed by atoms with Gasteiger partial charge in [0.1, 0.15) is 0 Å². The van der Waals surface area contributed by atoms with Crippen molar-refractivity contribution in [3.63, 3.8) is 0 Å². The number of benzene rings is 1. The first-order valence-electron chi connectivity index (χ1n) is 7.03. The van der Waals surface area contributed by atoms with Crippen LogP contribution in [0.5, 0.6) is 0 Å². The zero-order valence-electron chi connectivity index (χ0n) is 11.9. The van der Waals surface area contributed by atoms with Crippen LogP contribution < -0.4 is 10.6 Å². The Morgan fingerprint density at radius 2 is 2.16 bits per heavy atom. The molecule has 0 spiro atoms. The molecule has 1 aromatic rings. The fraction of sp³-hybridized carbons (Fsp3) is 0.600. The van der Waals surface area contributed by atoms with E-state index in [1.54, 1.807) is 0 Å². The van der Waals surface area contributed by atoms with E-state index in [9.17, 15) is 0 Å². The average Bonchev–Trinajstić information content (AvgIpc) is 2.53. The minimum Gasteiger partial charge on any atom is -0.369 e. The number of anilines is 1. The Bertz CT molecular complexity index is 422. The Labute approximate surface area is 124 Å². The summed E-state index contributed by atoms with van der Waals surface area (Å²) in [5, 5.41) is 0. The first kappa shape index (κ1) is 14.8. The highest BCUT2D eigenvalue weighted by atomic mass is 79.9. The highest BCUT2D eigenvalue weighted by Crippen LogP contribution is 2.29. The van der Waals surface area contributed by atoms with Crippen LogP contribution in [-0.4, -0.2) is 44.2 Å². The summed E-state index contributed by atoms with van der Waals surface area (Å²) in [5.41, 5.74) is 8.35. The van der Waals surface area contributed by atoms with Gasteiger partial charge in [-0.15, -0.1) is 0 Å². The number of hydrogen-bond acceptors (Lipinski definition) is 3. The van der Waals surface area contributed by atoms with Crippen molar-refractivity contribution in [1.82, 2.24) is 4.90 Å². The quantitative estimate of drug-likeness (QED) is 0.927. The van der Waals surface area contributed by atoms with Gasteiger partial charge in [0.2, 0.25) is 0 Å². The number of halogens is 1. The van der Waals surface area contributed by atoms with E-state index in [4.69, 9.17) is 5.73 Å². The molecule has 1 atom stereocenters. The van der Waals surface area contributed by atoms with Gasteiger partial charge in [0.25, 0.3) is 0 Å². The maximum Gasteiger partial charge on any atom is 0.0511 e. The van der Waals surface area contributed by atoms with Crippen molar-refractivity contribution in [2.24, 2.45) is 5.73 Å². The number of nitrogens with zero attached hydrogens (tertiary/aromatic N) is 2. The van der Waals surface area contributed by atoms with Gasteiger partial charge in [0.05, 0.1) is 5.69 Å². The highest BCUT2D eigenvalue weighted by Gasteiger charge is 2.22.